The van der Waals surface area contributed by atoms with Gasteiger partial charge in [-0.15, -0.1) is 10.2 Å². The number of aromatic nitrogens is 3. The van der Waals surface area contributed by atoms with E-state index in [1.165, 1.54) is 6.07 Å². The van der Waals surface area contributed by atoms with Crippen LogP contribution >= 0.6 is 0 Å². The minimum Gasteiger partial charge on any atom is -0.326 e. The number of nitrogens with zero attached hydrogens (tertiary/aromatic N) is 3. The number of aryl methyl sites for hydroxylation is 1. The molecule has 0 aliphatic carbocycles. The first kappa shape index (κ1) is 19.3. The van der Waals surface area contributed by atoms with Crippen molar-refractivity contribution in [1.82, 2.24) is 14.6 Å². The van der Waals surface area contributed by atoms with E-state index in [4.69, 9.17) is 0 Å². The predicted molar refractivity (Wildman–Crippen MR) is 111 cm³/mol. The molecule has 0 bridgehead atoms. The van der Waals surface area contributed by atoms with Crippen LogP contribution in [-0.4, -0.2) is 26.4 Å². The lowest BCUT2D eigenvalue weighted by Crippen LogP contribution is -2.17. The maximum absolute atomic E-state index is 13.7. The summed E-state index contributed by atoms with van der Waals surface area (Å²) in [5.41, 5.74) is 2.44. The summed E-state index contributed by atoms with van der Waals surface area (Å²) in [6.45, 7) is 1.65. The summed E-state index contributed by atoms with van der Waals surface area (Å²) < 4.78 is 15.3. The average molecular weight is 403 g/mol. The number of amides is 2. The lowest BCUT2D eigenvalue weighted by molar-refractivity contribution is -0.115. The molecule has 2 aromatic heterocycles. The topological polar surface area (TPSA) is 88.4 Å². The number of nitrogens with one attached hydrogen (secondary N) is 2. The van der Waals surface area contributed by atoms with Crippen LogP contribution in [0, 0.1) is 12.7 Å². The number of carbonyl (C=O) groups excluding carboxylic acids is 2. The maximum atomic E-state index is 13.7. The standard InChI is InChI=1S/C22H18FN5O2/c1-14-7-9-17(11-18(14)23)24-21(29)12-20-27-26-19-10-8-15(13-28(19)20)22(30)25-16-5-3-2-4-6-16/h2-11,13H,12H2,1H3,(H,24,29)(H,25,30). The summed E-state index contributed by atoms with van der Waals surface area (Å²) in [4.78, 5) is 24.9. The number of para-hydroxylation sites is 1. The molecule has 8 heteroatoms. The minimum atomic E-state index is -0.394. The Morgan fingerprint density at radius 2 is 1.77 bits per heavy atom. The van der Waals surface area contributed by atoms with Crippen LogP contribution in [-0.2, 0) is 11.2 Å². The van der Waals surface area contributed by atoms with E-state index in [9.17, 15) is 14.0 Å². The second-order valence-electron chi connectivity index (χ2n) is 6.77. The number of rotatable bonds is 5. The lowest BCUT2D eigenvalue weighted by atomic mass is 10.2. The number of anilines is 2. The van der Waals surface area contributed by atoms with Crippen molar-refractivity contribution in [1.29, 1.82) is 0 Å². The summed E-state index contributed by atoms with van der Waals surface area (Å²) in [6.07, 6.45) is 1.50. The summed E-state index contributed by atoms with van der Waals surface area (Å²) in [7, 11) is 0. The summed E-state index contributed by atoms with van der Waals surface area (Å²) in [6, 6.07) is 16.9. The Balaban J connectivity index is 1.51. The third kappa shape index (κ3) is 4.17. The highest BCUT2D eigenvalue weighted by atomic mass is 19.1. The molecule has 2 amide bonds. The zero-order valence-electron chi connectivity index (χ0n) is 16.1. The molecule has 0 radical (unpaired) electrons. The van der Waals surface area contributed by atoms with Crippen LogP contribution in [0.3, 0.4) is 0 Å². The quantitative estimate of drug-likeness (QED) is 0.533. The first-order valence-corrected chi connectivity index (χ1v) is 9.26. The molecule has 30 heavy (non-hydrogen) atoms. The van der Waals surface area contributed by atoms with Gasteiger partial charge in [-0.1, -0.05) is 24.3 Å². The first-order valence-electron chi connectivity index (χ1n) is 9.26. The molecule has 0 saturated heterocycles. The van der Waals surface area contributed by atoms with Gasteiger partial charge in [-0.3, -0.25) is 14.0 Å². The molecular weight excluding hydrogens is 385 g/mol. The summed E-state index contributed by atoms with van der Waals surface area (Å²) in [5, 5.41) is 13.5. The Bertz CT molecular complexity index is 1240. The van der Waals surface area contributed by atoms with Gasteiger partial charge in [0.2, 0.25) is 5.91 Å². The zero-order chi connectivity index (χ0) is 21.1. The number of benzene rings is 2. The highest BCUT2D eigenvalue weighted by Gasteiger charge is 2.14. The van der Waals surface area contributed by atoms with Gasteiger partial charge in [0.25, 0.3) is 5.91 Å². The fourth-order valence-electron chi connectivity index (χ4n) is 2.94. The number of halogens is 1. The van der Waals surface area contributed by atoms with Gasteiger partial charge in [-0.05, 0) is 48.9 Å². The van der Waals surface area contributed by atoms with Gasteiger partial charge < -0.3 is 10.6 Å². The van der Waals surface area contributed by atoms with Gasteiger partial charge in [0.05, 0.1) is 12.0 Å². The molecule has 150 valence electrons. The second-order valence-corrected chi connectivity index (χ2v) is 6.77. The molecule has 0 atom stereocenters. The van der Waals surface area contributed by atoms with E-state index in [-0.39, 0.29) is 18.2 Å². The third-order valence-corrected chi connectivity index (χ3v) is 4.54. The van der Waals surface area contributed by atoms with Crippen molar-refractivity contribution in [2.75, 3.05) is 10.6 Å². The van der Waals surface area contributed by atoms with E-state index in [1.807, 2.05) is 18.2 Å². The SMILES string of the molecule is Cc1ccc(NC(=O)Cc2nnc3ccc(C(=O)Nc4ccccc4)cn23)cc1F. The number of fused-ring (bicyclic) bond motifs is 1. The summed E-state index contributed by atoms with van der Waals surface area (Å²) in [5.74, 6) is -0.687. The Morgan fingerprint density at radius 3 is 2.53 bits per heavy atom. The van der Waals surface area contributed by atoms with Crippen molar-refractivity contribution < 1.29 is 14.0 Å². The number of carbonyl (C=O) groups is 2. The van der Waals surface area contributed by atoms with E-state index >= 15 is 0 Å². The van der Waals surface area contributed by atoms with Gasteiger partial charge in [0.1, 0.15) is 11.6 Å². The Labute approximate surface area is 171 Å². The summed E-state index contributed by atoms with van der Waals surface area (Å²) >= 11 is 0. The largest absolute Gasteiger partial charge is 0.326 e. The van der Waals surface area contributed by atoms with Crippen LogP contribution in [0.5, 0.6) is 0 Å². The van der Waals surface area contributed by atoms with Crippen molar-refractivity contribution in [2.24, 2.45) is 0 Å². The number of hydrogen-bond acceptors (Lipinski definition) is 4. The Hall–Kier alpha value is -4.07. The molecule has 4 aromatic rings. The van der Waals surface area contributed by atoms with Crippen molar-refractivity contribution in [3.63, 3.8) is 0 Å². The monoisotopic (exact) mass is 403 g/mol. The van der Waals surface area contributed by atoms with Gasteiger partial charge in [-0.25, -0.2) is 4.39 Å². The highest BCUT2D eigenvalue weighted by Crippen LogP contribution is 2.15. The molecule has 7 nitrogen and oxygen atoms in total. The fourth-order valence-corrected chi connectivity index (χ4v) is 2.94. The van der Waals surface area contributed by atoms with E-state index in [0.717, 1.165) is 0 Å². The molecule has 4 rings (SSSR count). The van der Waals surface area contributed by atoms with Crippen molar-refractivity contribution >= 4 is 28.8 Å². The van der Waals surface area contributed by atoms with Gasteiger partial charge in [0.15, 0.2) is 5.65 Å². The second kappa shape index (κ2) is 8.12. The smallest absolute Gasteiger partial charge is 0.257 e. The van der Waals surface area contributed by atoms with Gasteiger partial charge >= 0.3 is 0 Å². The van der Waals surface area contributed by atoms with Crippen LogP contribution < -0.4 is 10.6 Å². The number of hydrogen-bond donors (Lipinski definition) is 2. The average Bonchev–Trinajstić information content (AvgIpc) is 3.13. The van der Waals surface area contributed by atoms with Gasteiger partial charge in [0, 0.05) is 17.6 Å². The molecule has 0 fully saturated rings. The van der Waals surface area contributed by atoms with Crippen molar-refractivity contribution in [2.45, 2.75) is 13.3 Å². The maximum Gasteiger partial charge on any atom is 0.257 e. The van der Waals surface area contributed by atoms with E-state index in [2.05, 4.69) is 20.8 Å². The third-order valence-electron chi connectivity index (χ3n) is 4.54. The molecule has 0 aliphatic heterocycles. The highest BCUT2D eigenvalue weighted by molar-refractivity contribution is 6.04. The molecule has 0 aliphatic rings. The molecule has 2 heterocycles. The molecule has 0 spiro atoms. The van der Waals surface area contributed by atoms with Crippen molar-refractivity contribution in [3.8, 4) is 0 Å². The minimum absolute atomic E-state index is 0.0829. The Morgan fingerprint density at radius 1 is 0.967 bits per heavy atom. The zero-order valence-corrected chi connectivity index (χ0v) is 16.1. The molecule has 2 N–H and O–H groups in total. The molecule has 2 aromatic carbocycles. The Kier molecular flexibility index (Phi) is 5.21. The van der Waals surface area contributed by atoms with E-state index in [1.54, 1.807) is 53.9 Å². The van der Waals surface area contributed by atoms with E-state index < -0.39 is 5.82 Å². The van der Waals surface area contributed by atoms with Crippen LogP contribution in [0.15, 0.2) is 66.9 Å². The van der Waals surface area contributed by atoms with Crippen LogP contribution in [0.4, 0.5) is 15.8 Å². The first-order chi connectivity index (χ1) is 14.5. The van der Waals surface area contributed by atoms with Crippen LogP contribution in [0.2, 0.25) is 0 Å². The fraction of sp³-hybridized carbons (Fsp3) is 0.0909. The van der Waals surface area contributed by atoms with Crippen LogP contribution in [0.25, 0.3) is 5.65 Å². The number of pyridine rings is 1. The van der Waals surface area contributed by atoms with Crippen LogP contribution in [0.1, 0.15) is 21.7 Å². The molecular formula is C22H18FN5O2. The molecule has 0 saturated carbocycles. The predicted octanol–water partition coefficient (Wildman–Crippen LogP) is 3.61. The van der Waals surface area contributed by atoms with E-state index in [0.29, 0.717) is 34.0 Å². The molecule has 0 unspecified atom stereocenters. The lowest BCUT2D eigenvalue weighted by Gasteiger charge is -2.07. The normalized spacial score (nSPS) is 10.7. The van der Waals surface area contributed by atoms with Gasteiger partial charge in [-0.2, -0.15) is 0 Å². The van der Waals surface area contributed by atoms with Crippen molar-refractivity contribution in [3.05, 3.63) is 89.6 Å².